The van der Waals surface area contributed by atoms with Gasteiger partial charge in [0.05, 0.1) is 31.7 Å². The van der Waals surface area contributed by atoms with Gasteiger partial charge in [-0.1, -0.05) is 23.7 Å². The van der Waals surface area contributed by atoms with Gasteiger partial charge in [0.2, 0.25) is 5.91 Å². The lowest BCUT2D eigenvalue weighted by molar-refractivity contribution is -0.118. The topological polar surface area (TPSA) is 72.8 Å². The largest absolute Gasteiger partial charge is 0.497 e. The molecule has 0 atom stereocenters. The molecule has 2 aromatic carbocycles. The van der Waals surface area contributed by atoms with Gasteiger partial charge in [-0.05, 0) is 35.9 Å². The number of carbonyl (C=O) groups excluding carboxylic acids is 1. The van der Waals surface area contributed by atoms with E-state index in [0.717, 1.165) is 28.0 Å². The molecule has 0 spiro atoms. The predicted molar refractivity (Wildman–Crippen MR) is 118 cm³/mol. The Morgan fingerprint density at radius 2 is 1.86 bits per heavy atom. The number of methoxy groups -OCH3 is 2. The van der Waals surface area contributed by atoms with Crippen molar-refractivity contribution in [3.63, 3.8) is 0 Å². The van der Waals surface area contributed by atoms with E-state index >= 15 is 0 Å². The number of halogens is 1. The molecule has 0 aliphatic carbocycles. The first-order valence-corrected chi connectivity index (χ1v) is 10.3. The van der Waals surface area contributed by atoms with Crippen molar-refractivity contribution >= 4 is 46.4 Å². The first-order valence-electron chi connectivity index (χ1n) is 8.76. The highest BCUT2D eigenvalue weighted by molar-refractivity contribution is 7.99. The van der Waals surface area contributed by atoms with Crippen LogP contribution in [0.1, 0.15) is 11.1 Å². The molecule has 0 fully saturated rings. The molecule has 0 aliphatic rings. The summed E-state index contributed by atoms with van der Waals surface area (Å²) in [7, 11) is 3.23. The lowest BCUT2D eigenvalue weighted by Crippen LogP contribution is -2.19. The third-order valence-electron chi connectivity index (χ3n) is 4.06. The highest BCUT2D eigenvalue weighted by Gasteiger charge is 2.05. The number of rotatable bonds is 8. The van der Waals surface area contributed by atoms with Gasteiger partial charge in [-0.15, -0.1) is 11.8 Å². The van der Waals surface area contributed by atoms with E-state index in [0.29, 0.717) is 22.2 Å². The number of hydrazone groups is 1. The van der Waals surface area contributed by atoms with Crippen LogP contribution < -0.4 is 14.9 Å². The summed E-state index contributed by atoms with van der Waals surface area (Å²) in [6, 6.07) is 15.2. The summed E-state index contributed by atoms with van der Waals surface area (Å²) in [6.45, 7) is 0. The van der Waals surface area contributed by atoms with Crippen LogP contribution in [0.25, 0.3) is 10.9 Å². The van der Waals surface area contributed by atoms with Crippen molar-refractivity contribution in [2.24, 2.45) is 5.10 Å². The van der Waals surface area contributed by atoms with Gasteiger partial charge in [0, 0.05) is 22.8 Å². The molecular formula is C21H20ClN3O3S. The van der Waals surface area contributed by atoms with E-state index in [-0.39, 0.29) is 5.91 Å². The number of nitrogens with zero attached hydrogens (tertiary/aromatic N) is 2. The Morgan fingerprint density at radius 1 is 1.14 bits per heavy atom. The Hall–Kier alpha value is -2.77. The maximum Gasteiger partial charge on any atom is 0.250 e. The van der Waals surface area contributed by atoms with Crippen LogP contribution in [0.2, 0.25) is 5.15 Å². The third-order valence-corrected chi connectivity index (χ3v) is 5.37. The number of fused-ring (bicyclic) bond motifs is 1. The molecule has 29 heavy (non-hydrogen) atoms. The van der Waals surface area contributed by atoms with Gasteiger partial charge in [0.25, 0.3) is 0 Å². The van der Waals surface area contributed by atoms with Gasteiger partial charge >= 0.3 is 0 Å². The fraction of sp³-hybridized carbons (Fsp3) is 0.190. The van der Waals surface area contributed by atoms with Crippen LogP contribution in [0.5, 0.6) is 11.5 Å². The van der Waals surface area contributed by atoms with E-state index in [1.165, 1.54) is 18.0 Å². The number of aromatic nitrogens is 1. The lowest BCUT2D eigenvalue weighted by Gasteiger charge is -2.05. The molecule has 1 aromatic heterocycles. The maximum atomic E-state index is 12.0. The number of amides is 1. The van der Waals surface area contributed by atoms with Crippen molar-refractivity contribution in [1.82, 2.24) is 10.4 Å². The fourth-order valence-corrected chi connectivity index (χ4v) is 3.52. The minimum Gasteiger partial charge on any atom is -0.497 e. The van der Waals surface area contributed by atoms with Crippen molar-refractivity contribution in [3.8, 4) is 11.5 Å². The SMILES string of the molecule is COc1ccc(CSCC(=O)N/N=C\c2cc3ccc(OC)cc3nc2Cl)cc1. The third kappa shape index (κ3) is 5.85. The Labute approximate surface area is 178 Å². The molecular weight excluding hydrogens is 410 g/mol. The Morgan fingerprint density at radius 3 is 2.59 bits per heavy atom. The minimum absolute atomic E-state index is 0.186. The molecule has 6 nitrogen and oxygen atoms in total. The average molecular weight is 430 g/mol. The van der Waals surface area contributed by atoms with Crippen LogP contribution in [0.3, 0.4) is 0 Å². The normalized spacial score (nSPS) is 11.0. The lowest BCUT2D eigenvalue weighted by atomic mass is 10.1. The monoisotopic (exact) mass is 429 g/mol. The first kappa shape index (κ1) is 21.0. The summed E-state index contributed by atoms with van der Waals surface area (Å²) in [5, 5.41) is 5.19. The number of hydrogen-bond acceptors (Lipinski definition) is 6. The predicted octanol–water partition coefficient (Wildman–Crippen LogP) is 4.29. The average Bonchev–Trinajstić information content (AvgIpc) is 2.74. The van der Waals surface area contributed by atoms with Crippen LogP contribution in [-0.4, -0.2) is 37.1 Å². The fourth-order valence-electron chi connectivity index (χ4n) is 2.55. The number of hydrogen-bond donors (Lipinski definition) is 1. The number of benzene rings is 2. The zero-order valence-electron chi connectivity index (χ0n) is 16.0. The molecule has 0 radical (unpaired) electrons. The van der Waals surface area contributed by atoms with E-state index in [1.807, 2.05) is 48.5 Å². The van der Waals surface area contributed by atoms with Gasteiger partial charge < -0.3 is 9.47 Å². The summed E-state index contributed by atoms with van der Waals surface area (Å²) < 4.78 is 10.3. The van der Waals surface area contributed by atoms with Crippen molar-refractivity contribution in [2.75, 3.05) is 20.0 Å². The number of nitrogens with one attached hydrogen (secondary N) is 1. The second-order valence-electron chi connectivity index (χ2n) is 6.06. The van der Waals surface area contributed by atoms with Crippen LogP contribution >= 0.6 is 23.4 Å². The Balaban J connectivity index is 1.52. The summed E-state index contributed by atoms with van der Waals surface area (Å²) in [4.78, 5) is 16.3. The van der Waals surface area contributed by atoms with Crippen molar-refractivity contribution < 1.29 is 14.3 Å². The molecule has 0 aliphatic heterocycles. The zero-order chi connectivity index (χ0) is 20.6. The molecule has 3 aromatic rings. The van der Waals surface area contributed by atoms with E-state index < -0.39 is 0 Å². The van der Waals surface area contributed by atoms with Gasteiger partial charge in [0.1, 0.15) is 16.7 Å². The van der Waals surface area contributed by atoms with E-state index in [4.69, 9.17) is 21.1 Å². The van der Waals surface area contributed by atoms with Crippen molar-refractivity contribution in [3.05, 3.63) is 64.8 Å². The molecule has 3 rings (SSSR count). The molecule has 1 N–H and O–H groups in total. The summed E-state index contributed by atoms with van der Waals surface area (Å²) in [5.74, 6) is 2.36. The van der Waals surface area contributed by atoms with Gasteiger partial charge in [-0.25, -0.2) is 10.4 Å². The summed E-state index contributed by atoms with van der Waals surface area (Å²) in [6.07, 6.45) is 1.49. The van der Waals surface area contributed by atoms with Crippen LogP contribution in [0.4, 0.5) is 0 Å². The molecule has 0 saturated heterocycles. The van der Waals surface area contributed by atoms with Crippen LogP contribution in [0, 0.1) is 0 Å². The standard InChI is InChI=1S/C21H20ClN3O3S/c1-27-17-6-3-14(4-7-17)12-29-13-20(26)25-23-11-16-9-15-5-8-18(28-2)10-19(15)24-21(16)22/h3-11H,12-13H2,1-2H3,(H,25,26)/b23-11-. The van der Waals surface area contributed by atoms with Crippen molar-refractivity contribution in [2.45, 2.75) is 5.75 Å². The molecule has 1 heterocycles. The zero-order valence-corrected chi connectivity index (χ0v) is 17.6. The summed E-state index contributed by atoms with van der Waals surface area (Å²) in [5.41, 5.74) is 4.98. The Kier molecular flexibility index (Phi) is 7.32. The maximum absolute atomic E-state index is 12.0. The van der Waals surface area contributed by atoms with Gasteiger partial charge in [-0.3, -0.25) is 4.79 Å². The highest BCUT2D eigenvalue weighted by atomic mass is 35.5. The second-order valence-corrected chi connectivity index (χ2v) is 7.40. The van der Waals surface area contributed by atoms with E-state index in [2.05, 4.69) is 15.5 Å². The number of thioether (sulfide) groups is 1. The van der Waals surface area contributed by atoms with E-state index in [9.17, 15) is 4.79 Å². The minimum atomic E-state index is -0.186. The van der Waals surface area contributed by atoms with Gasteiger partial charge in [-0.2, -0.15) is 5.10 Å². The molecule has 0 bridgehead atoms. The number of ether oxygens (including phenoxy) is 2. The number of pyridine rings is 1. The van der Waals surface area contributed by atoms with Gasteiger partial charge in [0.15, 0.2) is 0 Å². The quantitative estimate of drug-likeness (QED) is 0.328. The molecule has 8 heteroatoms. The highest BCUT2D eigenvalue weighted by Crippen LogP contribution is 2.23. The summed E-state index contributed by atoms with van der Waals surface area (Å²) >= 11 is 7.72. The second kappa shape index (κ2) is 10.1. The van der Waals surface area contributed by atoms with Crippen LogP contribution in [-0.2, 0) is 10.5 Å². The molecule has 0 unspecified atom stereocenters. The van der Waals surface area contributed by atoms with Crippen molar-refractivity contribution in [1.29, 1.82) is 0 Å². The Bertz CT molecular complexity index is 1030. The first-order chi connectivity index (χ1) is 14.1. The molecule has 150 valence electrons. The molecule has 0 saturated carbocycles. The van der Waals surface area contributed by atoms with E-state index in [1.54, 1.807) is 14.2 Å². The van der Waals surface area contributed by atoms with Crippen LogP contribution in [0.15, 0.2) is 53.6 Å². The smallest absolute Gasteiger partial charge is 0.250 e. The number of carbonyl (C=O) groups is 1. The molecule has 1 amide bonds.